The molecule has 0 fully saturated rings. The second-order valence-electron chi connectivity index (χ2n) is 5.21. The quantitative estimate of drug-likeness (QED) is 0.783. The van der Waals surface area contributed by atoms with Crippen molar-refractivity contribution in [2.45, 2.75) is 13.5 Å². The van der Waals surface area contributed by atoms with Gasteiger partial charge in [-0.05, 0) is 37.3 Å². The van der Waals surface area contributed by atoms with Crippen molar-refractivity contribution in [2.75, 3.05) is 11.5 Å². The molecule has 1 aliphatic heterocycles. The van der Waals surface area contributed by atoms with Crippen LogP contribution in [0.25, 0.3) is 0 Å². The topological polar surface area (TPSA) is 46.6 Å². The van der Waals surface area contributed by atoms with Crippen molar-refractivity contribution in [2.24, 2.45) is 0 Å². The lowest BCUT2D eigenvalue weighted by Gasteiger charge is -2.30. The van der Waals surface area contributed by atoms with E-state index >= 15 is 0 Å². The molecule has 6 heteroatoms. The van der Waals surface area contributed by atoms with Gasteiger partial charge in [0, 0.05) is 21.2 Å². The highest BCUT2D eigenvalue weighted by molar-refractivity contribution is 6.36. The monoisotopic (exact) mass is 349 g/mol. The van der Waals surface area contributed by atoms with Crippen molar-refractivity contribution in [1.29, 1.82) is 0 Å². The summed E-state index contributed by atoms with van der Waals surface area (Å²) in [5.74, 6) is 0.258. The molecule has 0 radical (unpaired) electrons. The molecule has 3 rings (SSSR count). The number of hydrogen-bond donors (Lipinski definition) is 0. The van der Waals surface area contributed by atoms with Gasteiger partial charge in [-0.3, -0.25) is 9.59 Å². The summed E-state index contributed by atoms with van der Waals surface area (Å²) in [6.45, 7) is 1.63. The van der Waals surface area contributed by atoms with Crippen LogP contribution in [-0.4, -0.2) is 18.3 Å². The number of benzene rings is 2. The maximum absolute atomic E-state index is 12.3. The number of rotatable bonds is 3. The molecule has 0 bridgehead atoms. The lowest BCUT2D eigenvalue weighted by Crippen LogP contribution is -2.38. The molecule has 0 N–H and O–H groups in total. The Hall–Kier alpha value is -2.04. The molecule has 0 atom stereocenters. The van der Waals surface area contributed by atoms with E-state index in [0.29, 0.717) is 32.6 Å². The largest absolute Gasteiger partial charge is 0.482 e. The number of halogens is 2. The highest BCUT2D eigenvalue weighted by Gasteiger charge is 2.27. The van der Waals surface area contributed by atoms with Crippen molar-refractivity contribution in [3.63, 3.8) is 0 Å². The lowest BCUT2D eigenvalue weighted by atomic mass is 10.1. The van der Waals surface area contributed by atoms with Crippen LogP contribution in [0.4, 0.5) is 5.69 Å². The summed E-state index contributed by atoms with van der Waals surface area (Å²) in [6.07, 6.45) is 0. The van der Waals surface area contributed by atoms with E-state index in [-0.39, 0.29) is 24.8 Å². The minimum Gasteiger partial charge on any atom is -0.482 e. The normalized spacial score (nSPS) is 13.5. The smallest absolute Gasteiger partial charge is 0.265 e. The number of hydrogen-bond acceptors (Lipinski definition) is 3. The number of fused-ring (bicyclic) bond motifs is 1. The first-order chi connectivity index (χ1) is 11.0. The van der Waals surface area contributed by atoms with E-state index < -0.39 is 0 Å². The van der Waals surface area contributed by atoms with E-state index in [1.54, 1.807) is 41.3 Å². The lowest BCUT2D eigenvalue weighted by molar-refractivity contribution is -0.121. The summed E-state index contributed by atoms with van der Waals surface area (Å²) < 4.78 is 5.43. The number of ether oxygens (including phenoxy) is 1. The average molecular weight is 350 g/mol. The van der Waals surface area contributed by atoms with E-state index in [9.17, 15) is 9.59 Å². The number of anilines is 1. The van der Waals surface area contributed by atoms with Gasteiger partial charge in [-0.25, -0.2) is 0 Å². The summed E-state index contributed by atoms with van der Waals surface area (Å²) in [5, 5.41) is 0.974. The van der Waals surface area contributed by atoms with Gasteiger partial charge >= 0.3 is 0 Å². The Balaban J connectivity index is 2.04. The van der Waals surface area contributed by atoms with E-state index in [1.165, 1.54) is 6.92 Å². The summed E-state index contributed by atoms with van der Waals surface area (Å²) in [5.41, 5.74) is 1.72. The van der Waals surface area contributed by atoms with Crippen LogP contribution >= 0.6 is 23.2 Å². The van der Waals surface area contributed by atoms with Crippen LogP contribution < -0.4 is 9.64 Å². The van der Waals surface area contributed by atoms with Crippen LogP contribution in [0.3, 0.4) is 0 Å². The SMILES string of the molecule is CC(=O)c1ccc2c(c1)N(Cc1c(Cl)cccc1Cl)C(=O)CO2. The molecule has 118 valence electrons. The summed E-state index contributed by atoms with van der Waals surface area (Å²) in [7, 11) is 0. The molecule has 0 saturated heterocycles. The van der Waals surface area contributed by atoms with Crippen LogP contribution in [0, 0.1) is 0 Å². The zero-order valence-electron chi connectivity index (χ0n) is 12.3. The fourth-order valence-corrected chi connectivity index (χ4v) is 2.95. The first-order valence-corrected chi connectivity index (χ1v) is 7.74. The maximum Gasteiger partial charge on any atom is 0.265 e. The van der Waals surface area contributed by atoms with Crippen LogP contribution in [0.1, 0.15) is 22.8 Å². The van der Waals surface area contributed by atoms with Gasteiger partial charge in [0.25, 0.3) is 5.91 Å². The molecule has 1 amide bonds. The van der Waals surface area contributed by atoms with Crippen LogP contribution in [-0.2, 0) is 11.3 Å². The number of nitrogens with zero attached hydrogens (tertiary/aromatic N) is 1. The fourth-order valence-electron chi connectivity index (χ4n) is 2.44. The Kier molecular flexibility index (Phi) is 4.28. The average Bonchev–Trinajstić information content (AvgIpc) is 2.52. The van der Waals surface area contributed by atoms with Crippen LogP contribution in [0.15, 0.2) is 36.4 Å². The van der Waals surface area contributed by atoms with Crippen molar-refractivity contribution in [1.82, 2.24) is 0 Å². The van der Waals surface area contributed by atoms with E-state index in [4.69, 9.17) is 27.9 Å². The first kappa shape index (κ1) is 15.8. The predicted molar refractivity (Wildman–Crippen MR) is 89.6 cm³/mol. The highest BCUT2D eigenvalue weighted by Crippen LogP contribution is 2.36. The predicted octanol–water partition coefficient (Wildman–Crippen LogP) is 4.12. The maximum atomic E-state index is 12.3. The number of ketones is 1. The molecule has 2 aromatic carbocycles. The van der Waals surface area contributed by atoms with Gasteiger partial charge in [0.05, 0.1) is 12.2 Å². The molecule has 0 unspecified atom stereocenters. The van der Waals surface area contributed by atoms with E-state index in [0.717, 1.165) is 0 Å². The molecule has 1 heterocycles. The number of Topliss-reactive ketones (excluding diaryl/α,β-unsaturated/α-hetero) is 1. The van der Waals surface area contributed by atoms with Gasteiger partial charge in [0.2, 0.25) is 0 Å². The number of carbonyl (C=O) groups is 2. The van der Waals surface area contributed by atoms with Crippen molar-refractivity contribution in [3.05, 3.63) is 57.6 Å². The standard InChI is InChI=1S/C17H13Cl2NO3/c1-10(21)11-5-6-16-15(7-11)20(17(22)9-23-16)8-12-13(18)3-2-4-14(12)19/h2-7H,8-9H2,1H3. The Labute approximate surface area is 143 Å². The molecule has 0 aromatic heterocycles. The third kappa shape index (κ3) is 3.05. The second-order valence-corrected chi connectivity index (χ2v) is 6.02. The summed E-state index contributed by atoms with van der Waals surface area (Å²) >= 11 is 12.4. The van der Waals surface area contributed by atoms with E-state index in [1.807, 2.05) is 0 Å². The van der Waals surface area contributed by atoms with Crippen molar-refractivity contribution >= 4 is 40.6 Å². The van der Waals surface area contributed by atoms with Gasteiger partial charge < -0.3 is 9.64 Å². The first-order valence-electron chi connectivity index (χ1n) is 6.98. The zero-order valence-corrected chi connectivity index (χ0v) is 13.8. The molecule has 4 nitrogen and oxygen atoms in total. The summed E-state index contributed by atoms with van der Waals surface area (Å²) in [4.78, 5) is 25.4. The molecule has 1 aliphatic rings. The fraction of sp³-hybridized carbons (Fsp3) is 0.176. The van der Waals surface area contributed by atoms with Gasteiger partial charge in [-0.2, -0.15) is 0 Å². The number of carbonyl (C=O) groups excluding carboxylic acids is 2. The Bertz CT molecular complexity index is 784. The van der Waals surface area contributed by atoms with Gasteiger partial charge in [-0.1, -0.05) is 29.3 Å². The van der Waals surface area contributed by atoms with Crippen molar-refractivity contribution < 1.29 is 14.3 Å². The summed E-state index contributed by atoms with van der Waals surface area (Å²) in [6, 6.07) is 10.2. The van der Waals surface area contributed by atoms with Crippen molar-refractivity contribution in [3.8, 4) is 5.75 Å². The van der Waals surface area contributed by atoms with E-state index in [2.05, 4.69) is 0 Å². The molecule has 0 spiro atoms. The molecular weight excluding hydrogens is 337 g/mol. The highest BCUT2D eigenvalue weighted by atomic mass is 35.5. The molecule has 0 saturated carbocycles. The van der Waals surface area contributed by atoms with Crippen LogP contribution in [0.2, 0.25) is 10.0 Å². The van der Waals surface area contributed by atoms with Gasteiger partial charge in [-0.15, -0.1) is 0 Å². The molecular formula is C17H13Cl2NO3. The van der Waals surface area contributed by atoms with Crippen LogP contribution in [0.5, 0.6) is 5.75 Å². The Morgan fingerprint density at radius 3 is 2.57 bits per heavy atom. The van der Waals surface area contributed by atoms with Gasteiger partial charge in [0.1, 0.15) is 5.75 Å². The number of amides is 1. The molecule has 23 heavy (non-hydrogen) atoms. The third-order valence-electron chi connectivity index (χ3n) is 3.69. The Morgan fingerprint density at radius 2 is 1.91 bits per heavy atom. The second kappa shape index (κ2) is 6.22. The molecule has 2 aromatic rings. The minimum atomic E-state index is -0.214. The third-order valence-corrected chi connectivity index (χ3v) is 4.39. The molecule has 0 aliphatic carbocycles. The minimum absolute atomic E-state index is 0.0610. The zero-order chi connectivity index (χ0) is 16.6. The Morgan fingerprint density at radius 1 is 1.22 bits per heavy atom. The van der Waals surface area contributed by atoms with Gasteiger partial charge in [0.15, 0.2) is 12.4 Å².